The Morgan fingerprint density at radius 2 is 2.03 bits per heavy atom. The van der Waals surface area contributed by atoms with Crippen molar-refractivity contribution in [3.05, 3.63) is 34.3 Å². The number of unbranched alkanes of at least 4 members (excludes halogenated alkanes) is 1. The van der Waals surface area contributed by atoms with Gasteiger partial charge in [0.2, 0.25) is 0 Å². The molecule has 7 nitrogen and oxygen atoms in total. The lowest BCUT2D eigenvalue weighted by molar-refractivity contribution is 0.0914. The molecule has 0 radical (unpaired) electrons. The van der Waals surface area contributed by atoms with Crippen LogP contribution < -0.4 is 16.0 Å². The molecule has 3 rings (SSSR count). The minimum absolute atomic E-state index is 0.0637. The molecule has 1 fully saturated rings. The van der Waals surface area contributed by atoms with Gasteiger partial charge in [0.25, 0.3) is 5.91 Å². The Morgan fingerprint density at radius 3 is 2.74 bits per heavy atom. The summed E-state index contributed by atoms with van der Waals surface area (Å²) in [5, 5.41) is 10.3. The zero-order chi connectivity index (χ0) is 25.3. The van der Waals surface area contributed by atoms with Gasteiger partial charge in [0.1, 0.15) is 0 Å². The maximum Gasteiger partial charge on any atom is 0.317 e. The van der Waals surface area contributed by atoms with Gasteiger partial charge in [-0.15, -0.1) is 0 Å². The lowest BCUT2D eigenvalue weighted by Crippen LogP contribution is -2.49. The molecule has 3 amide bonds. The van der Waals surface area contributed by atoms with Crippen LogP contribution in [0.1, 0.15) is 80.1 Å². The molecule has 1 aromatic carbocycles. The first kappa shape index (κ1) is 27.8. The van der Waals surface area contributed by atoms with E-state index in [1.807, 2.05) is 20.2 Å². The zero-order valence-electron chi connectivity index (χ0n) is 21.6. The molecule has 0 aromatic heterocycles. The summed E-state index contributed by atoms with van der Waals surface area (Å²) in [6.07, 6.45) is 10.7. The molecule has 0 saturated heterocycles. The predicted molar refractivity (Wildman–Crippen MR) is 141 cm³/mol. The summed E-state index contributed by atoms with van der Waals surface area (Å²) < 4.78 is 5.22. The molecule has 1 aliphatic heterocycles. The van der Waals surface area contributed by atoms with Gasteiger partial charge in [-0.2, -0.15) is 0 Å². The van der Waals surface area contributed by atoms with E-state index in [0.29, 0.717) is 36.1 Å². The second-order valence-corrected chi connectivity index (χ2v) is 10.7. The lowest BCUT2D eigenvalue weighted by Gasteiger charge is -2.33. The molecule has 0 spiro atoms. The number of methoxy groups -OCH3 is 1. The third-order valence-electron chi connectivity index (χ3n) is 7.64. The quantitative estimate of drug-likeness (QED) is 0.339. The maximum absolute atomic E-state index is 13.1. The largest absolute Gasteiger partial charge is 0.385 e. The predicted octanol–water partition coefficient (Wildman–Crippen LogP) is 4.69. The van der Waals surface area contributed by atoms with Crippen LogP contribution in [0.5, 0.6) is 0 Å². The number of hydrogen-bond acceptors (Lipinski definition) is 4. The zero-order valence-corrected chi connectivity index (χ0v) is 22.4. The highest BCUT2D eigenvalue weighted by Crippen LogP contribution is 2.39. The van der Waals surface area contributed by atoms with Crippen molar-refractivity contribution in [1.29, 1.82) is 0 Å². The standard InChI is InChI=1S/C27H43ClN4O3/c1-29-19-22(17-20-9-5-4-6-10-20)30-26(34)32(2)15-14-27(13-7-8-16-35-3)24-18-21(28)11-12-23(24)25(33)31-27/h11-12,18,20,22,29H,4-10,13-17,19H2,1-3H3,(H,30,34)(H,31,33)/t22-,27+/m0/s1. The number of amides is 3. The molecule has 1 heterocycles. The van der Waals surface area contributed by atoms with Gasteiger partial charge in [0.15, 0.2) is 0 Å². The Morgan fingerprint density at radius 1 is 1.26 bits per heavy atom. The van der Waals surface area contributed by atoms with Crippen molar-refractivity contribution < 1.29 is 14.3 Å². The molecule has 196 valence electrons. The number of urea groups is 1. The van der Waals surface area contributed by atoms with Crippen LogP contribution in [-0.4, -0.2) is 63.8 Å². The molecular weight excluding hydrogens is 464 g/mol. The van der Waals surface area contributed by atoms with Crippen molar-refractivity contribution in [2.45, 2.75) is 75.8 Å². The van der Waals surface area contributed by atoms with Gasteiger partial charge in [-0.1, -0.05) is 43.7 Å². The summed E-state index contributed by atoms with van der Waals surface area (Å²) in [6.45, 7) is 1.97. The van der Waals surface area contributed by atoms with Crippen LogP contribution in [0.3, 0.4) is 0 Å². The van der Waals surface area contributed by atoms with Gasteiger partial charge in [0, 0.05) is 50.5 Å². The number of hydrogen-bond donors (Lipinski definition) is 3. The second kappa shape index (κ2) is 13.5. The maximum atomic E-state index is 13.1. The Kier molecular flexibility index (Phi) is 10.7. The smallest absolute Gasteiger partial charge is 0.317 e. The van der Waals surface area contributed by atoms with Crippen LogP contribution in [0.25, 0.3) is 0 Å². The van der Waals surface area contributed by atoms with Crippen molar-refractivity contribution in [2.75, 3.05) is 40.9 Å². The summed E-state index contributed by atoms with van der Waals surface area (Å²) in [6, 6.07) is 5.51. The number of nitrogens with zero attached hydrogens (tertiary/aromatic N) is 1. The summed E-state index contributed by atoms with van der Waals surface area (Å²) in [4.78, 5) is 27.6. The Bertz CT molecular complexity index is 846. The molecule has 35 heavy (non-hydrogen) atoms. The average molecular weight is 507 g/mol. The van der Waals surface area contributed by atoms with Crippen molar-refractivity contribution in [3.8, 4) is 0 Å². The molecule has 1 aromatic rings. The number of carbonyl (C=O) groups is 2. The van der Waals surface area contributed by atoms with Crippen LogP contribution in [-0.2, 0) is 10.3 Å². The van der Waals surface area contributed by atoms with Gasteiger partial charge in [0.05, 0.1) is 5.54 Å². The Labute approximate surface area is 215 Å². The number of ether oxygens (including phenoxy) is 1. The highest BCUT2D eigenvalue weighted by atomic mass is 35.5. The summed E-state index contributed by atoms with van der Waals surface area (Å²) in [5.41, 5.74) is 1.08. The van der Waals surface area contributed by atoms with Gasteiger partial charge in [-0.05, 0) is 68.8 Å². The van der Waals surface area contributed by atoms with E-state index in [1.165, 1.54) is 32.1 Å². The molecule has 1 aliphatic carbocycles. The molecule has 0 unspecified atom stereocenters. The van der Waals surface area contributed by atoms with Crippen molar-refractivity contribution in [2.24, 2.45) is 5.92 Å². The highest BCUT2D eigenvalue weighted by Gasteiger charge is 2.42. The fourth-order valence-electron chi connectivity index (χ4n) is 5.66. The lowest BCUT2D eigenvalue weighted by atomic mass is 9.82. The van der Waals surface area contributed by atoms with Crippen molar-refractivity contribution >= 4 is 23.5 Å². The first-order chi connectivity index (χ1) is 16.9. The van der Waals surface area contributed by atoms with Gasteiger partial charge < -0.3 is 25.6 Å². The summed E-state index contributed by atoms with van der Waals surface area (Å²) in [5.74, 6) is 0.620. The first-order valence-corrected chi connectivity index (χ1v) is 13.5. The van der Waals surface area contributed by atoms with E-state index in [2.05, 4.69) is 16.0 Å². The minimum Gasteiger partial charge on any atom is -0.385 e. The molecule has 1 saturated carbocycles. The highest BCUT2D eigenvalue weighted by molar-refractivity contribution is 6.30. The van der Waals surface area contributed by atoms with Crippen molar-refractivity contribution in [1.82, 2.24) is 20.9 Å². The van der Waals surface area contributed by atoms with Gasteiger partial charge >= 0.3 is 6.03 Å². The second-order valence-electron chi connectivity index (χ2n) is 10.3. The van der Waals surface area contributed by atoms with Gasteiger partial charge in [-0.3, -0.25) is 4.79 Å². The van der Waals surface area contributed by atoms with Crippen LogP contribution in [0.4, 0.5) is 4.79 Å². The monoisotopic (exact) mass is 506 g/mol. The first-order valence-electron chi connectivity index (χ1n) is 13.2. The number of halogens is 1. The van der Waals surface area contributed by atoms with E-state index in [9.17, 15) is 9.59 Å². The molecule has 8 heteroatoms. The van der Waals surface area contributed by atoms with E-state index in [-0.39, 0.29) is 18.0 Å². The number of likely N-dealkylation sites (N-methyl/N-ethyl adjacent to an activating group) is 1. The van der Waals surface area contributed by atoms with E-state index in [0.717, 1.165) is 37.8 Å². The third-order valence-corrected chi connectivity index (χ3v) is 7.87. The average Bonchev–Trinajstić information content (AvgIpc) is 3.12. The Balaban J connectivity index is 1.64. The minimum atomic E-state index is -0.536. The summed E-state index contributed by atoms with van der Waals surface area (Å²) in [7, 11) is 5.47. The normalized spacial score (nSPS) is 20.9. The summed E-state index contributed by atoms with van der Waals surface area (Å²) >= 11 is 6.32. The molecule has 3 N–H and O–H groups in total. The molecule has 2 atom stereocenters. The molecular formula is C27H43ClN4O3. The van der Waals surface area contributed by atoms with Crippen LogP contribution >= 0.6 is 11.6 Å². The molecule has 0 bridgehead atoms. The topological polar surface area (TPSA) is 82.7 Å². The van der Waals surface area contributed by atoms with E-state index >= 15 is 0 Å². The number of carbonyl (C=O) groups excluding carboxylic acids is 2. The van der Waals surface area contributed by atoms with Gasteiger partial charge in [-0.25, -0.2) is 4.79 Å². The van der Waals surface area contributed by atoms with E-state index < -0.39 is 5.54 Å². The number of rotatable bonds is 13. The number of nitrogens with one attached hydrogen (secondary N) is 3. The van der Waals surface area contributed by atoms with Crippen molar-refractivity contribution in [3.63, 3.8) is 0 Å². The van der Waals surface area contributed by atoms with Crippen LogP contribution in [0.15, 0.2) is 18.2 Å². The van der Waals surface area contributed by atoms with Crippen LogP contribution in [0.2, 0.25) is 5.02 Å². The fraction of sp³-hybridized carbons (Fsp3) is 0.704. The Hall–Kier alpha value is -1.83. The third kappa shape index (κ3) is 7.58. The van der Waals surface area contributed by atoms with E-state index in [1.54, 1.807) is 24.1 Å². The van der Waals surface area contributed by atoms with E-state index in [4.69, 9.17) is 16.3 Å². The number of benzene rings is 1. The number of fused-ring (bicyclic) bond motifs is 1. The SMILES string of the molecule is CNC[C@H](CC1CCCCC1)NC(=O)N(C)CC[C@@]1(CCCCOC)NC(=O)c2ccc(Cl)cc21. The van der Waals surface area contributed by atoms with Crippen LogP contribution in [0, 0.1) is 5.92 Å². The molecule has 2 aliphatic rings. The fourth-order valence-corrected chi connectivity index (χ4v) is 5.84.